The number of hydrogen-bond donors (Lipinski definition) is 1. The number of pyridine rings is 1. The number of benzene rings is 1. The van der Waals surface area contributed by atoms with Crippen molar-refractivity contribution in [2.75, 3.05) is 5.73 Å². The number of fused-ring (bicyclic) bond motifs is 1. The van der Waals surface area contributed by atoms with Gasteiger partial charge in [-0.2, -0.15) is 5.10 Å². The third-order valence-corrected chi connectivity index (χ3v) is 2.58. The van der Waals surface area contributed by atoms with E-state index in [0.29, 0.717) is 16.9 Å². The number of nitrogens with two attached hydrogens (primary N) is 1. The van der Waals surface area contributed by atoms with Crippen molar-refractivity contribution in [3.8, 4) is 5.69 Å². The summed E-state index contributed by atoms with van der Waals surface area (Å²) in [6, 6.07) is 6.60. The van der Waals surface area contributed by atoms with Gasteiger partial charge >= 0.3 is 0 Å². The molecule has 0 amide bonds. The Kier molecular flexibility index (Phi) is 2.04. The minimum atomic E-state index is -0.433. The van der Waals surface area contributed by atoms with Crippen molar-refractivity contribution >= 4 is 16.6 Å². The first-order valence-electron chi connectivity index (χ1n) is 5.10. The zero-order chi connectivity index (χ0) is 11.8. The van der Waals surface area contributed by atoms with Crippen LogP contribution in [0.4, 0.5) is 10.1 Å². The van der Waals surface area contributed by atoms with Crippen molar-refractivity contribution < 1.29 is 4.39 Å². The minimum absolute atomic E-state index is 0.319. The molecule has 0 aliphatic heterocycles. The van der Waals surface area contributed by atoms with Gasteiger partial charge in [-0.3, -0.25) is 4.98 Å². The molecule has 0 aliphatic carbocycles. The van der Waals surface area contributed by atoms with E-state index in [1.54, 1.807) is 30.7 Å². The summed E-state index contributed by atoms with van der Waals surface area (Å²) in [6.07, 6.45) is 4.86. The highest BCUT2D eigenvalue weighted by Crippen LogP contribution is 2.27. The molecule has 0 unspecified atom stereocenters. The predicted octanol–water partition coefficient (Wildman–Crippen LogP) is 2.14. The second-order valence-electron chi connectivity index (χ2n) is 3.65. The van der Waals surface area contributed by atoms with E-state index in [-0.39, 0.29) is 0 Å². The molecule has 3 rings (SSSR count). The highest BCUT2D eigenvalue weighted by molar-refractivity contribution is 5.95. The van der Waals surface area contributed by atoms with Gasteiger partial charge in [-0.1, -0.05) is 0 Å². The highest BCUT2D eigenvalue weighted by Gasteiger charge is 2.13. The van der Waals surface area contributed by atoms with Gasteiger partial charge in [0.25, 0.3) is 0 Å². The van der Waals surface area contributed by atoms with Crippen LogP contribution in [0, 0.1) is 5.82 Å². The van der Waals surface area contributed by atoms with Crippen molar-refractivity contribution in [1.82, 2.24) is 14.8 Å². The lowest BCUT2D eigenvalue weighted by Crippen LogP contribution is -2.02. The van der Waals surface area contributed by atoms with Gasteiger partial charge in [0.1, 0.15) is 11.2 Å². The van der Waals surface area contributed by atoms with Crippen molar-refractivity contribution in [1.29, 1.82) is 0 Å². The molecule has 2 heterocycles. The molecule has 0 fully saturated rings. The summed E-state index contributed by atoms with van der Waals surface area (Å²) in [5.74, 6) is -0.433. The second-order valence-corrected chi connectivity index (χ2v) is 3.65. The molecule has 1 aromatic carbocycles. The Morgan fingerprint density at radius 1 is 1.24 bits per heavy atom. The summed E-state index contributed by atoms with van der Waals surface area (Å²) in [5, 5.41) is 4.74. The SMILES string of the molecule is Nc1cc(F)c(-n2cccn2)c2ncccc12. The van der Waals surface area contributed by atoms with Crippen LogP contribution < -0.4 is 5.73 Å². The summed E-state index contributed by atoms with van der Waals surface area (Å²) >= 11 is 0. The van der Waals surface area contributed by atoms with Crippen LogP contribution in [-0.4, -0.2) is 14.8 Å². The summed E-state index contributed by atoms with van der Waals surface area (Å²) in [7, 11) is 0. The topological polar surface area (TPSA) is 56.7 Å². The van der Waals surface area contributed by atoms with Gasteiger partial charge in [0.05, 0.1) is 0 Å². The molecule has 0 atom stereocenters. The van der Waals surface area contributed by atoms with Gasteiger partial charge < -0.3 is 5.73 Å². The first-order chi connectivity index (χ1) is 8.27. The molecular weight excluding hydrogens is 219 g/mol. The Morgan fingerprint density at radius 2 is 2.12 bits per heavy atom. The normalized spacial score (nSPS) is 10.9. The highest BCUT2D eigenvalue weighted by atomic mass is 19.1. The number of anilines is 1. The smallest absolute Gasteiger partial charge is 0.153 e. The van der Waals surface area contributed by atoms with E-state index in [0.717, 1.165) is 5.39 Å². The first-order valence-corrected chi connectivity index (χ1v) is 5.10. The second kappa shape index (κ2) is 3.55. The monoisotopic (exact) mass is 228 g/mol. The molecule has 84 valence electrons. The lowest BCUT2D eigenvalue weighted by atomic mass is 10.1. The maximum atomic E-state index is 14.0. The lowest BCUT2D eigenvalue weighted by Gasteiger charge is -2.09. The molecule has 17 heavy (non-hydrogen) atoms. The summed E-state index contributed by atoms with van der Waals surface area (Å²) < 4.78 is 15.4. The number of halogens is 1. The molecule has 2 aromatic heterocycles. The fraction of sp³-hybridized carbons (Fsp3) is 0. The van der Waals surface area contributed by atoms with Gasteiger partial charge in [0, 0.05) is 29.7 Å². The van der Waals surface area contributed by atoms with Crippen LogP contribution >= 0.6 is 0 Å². The van der Waals surface area contributed by atoms with Crippen molar-refractivity contribution in [3.63, 3.8) is 0 Å². The molecule has 0 bridgehead atoms. The van der Waals surface area contributed by atoms with Crippen LogP contribution in [0.15, 0.2) is 42.9 Å². The van der Waals surface area contributed by atoms with E-state index in [1.807, 2.05) is 6.07 Å². The zero-order valence-corrected chi connectivity index (χ0v) is 8.84. The van der Waals surface area contributed by atoms with E-state index < -0.39 is 5.82 Å². The molecule has 0 spiro atoms. The summed E-state index contributed by atoms with van der Waals surface area (Å²) in [4.78, 5) is 4.18. The molecule has 0 saturated heterocycles. The molecule has 0 aliphatic rings. The van der Waals surface area contributed by atoms with E-state index in [2.05, 4.69) is 10.1 Å². The maximum Gasteiger partial charge on any atom is 0.153 e. The predicted molar refractivity (Wildman–Crippen MR) is 63.2 cm³/mol. The number of rotatable bonds is 1. The van der Waals surface area contributed by atoms with Crippen LogP contribution in [0.2, 0.25) is 0 Å². The molecule has 3 aromatic rings. The van der Waals surface area contributed by atoms with Crippen molar-refractivity contribution in [2.45, 2.75) is 0 Å². The van der Waals surface area contributed by atoms with E-state index >= 15 is 0 Å². The fourth-order valence-electron chi connectivity index (χ4n) is 1.84. The number of nitrogens with zero attached hydrogens (tertiary/aromatic N) is 3. The molecule has 5 heteroatoms. The third kappa shape index (κ3) is 1.44. The van der Waals surface area contributed by atoms with Crippen LogP contribution in [0.25, 0.3) is 16.6 Å². The standard InChI is InChI=1S/C12H9FN4/c13-9-7-10(14)8-3-1-4-15-11(8)12(9)17-6-2-5-16-17/h1-7H,14H2. The van der Waals surface area contributed by atoms with Gasteiger partial charge in [0.2, 0.25) is 0 Å². The number of nitrogen functional groups attached to an aromatic ring is 1. The summed E-state index contributed by atoms with van der Waals surface area (Å²) in [5.41, 5.74) is 6.97. The van der Waals surface area contributed by atoms with Gasteiger partial charge in [-0.05, 0) is 24.3 Å². The maximum absolute atomic E-state index is 14.0. The Hall–Kier alpha value is -2.43. The first kappa shape index (κ1) is 9.77. The Morgan fingerprint density at radius 3 is 2.88 bits per heavy atom. The van der Waals surface area contributed by atoms with Crippen LogP contribution in [-0.2, 0) is 0 Å². The zero-order valence-electron chi connectivity index (χ0n) is 8.84. The Balaban J connectivity index is 2.45. The van der Waals surface area contributed by atoms with Gasteiger partial charge in [-0.15, -0.1) is 0 Å². The molecular formula is C12H9FN4. The van der Waals surface area contributed by atoms with Crippen molar-refractivity contribution in [3.05, 3.63) is 48.7 Å². The van der Waals surface area contributed by atoms with Crippen molar-refractivity contribution in [2.24, 2.45) is 0 Å². The number of aromatic nitrogens is 3. The number of hydrogen-bond acceptors (Lipinski definition) is 3. The fourth-order valence-corrected chi connectivity index (χ4v) is 1.84. The largest absolute Gasteiger partial charge is 0.398 e. The lowest BCUT2D eigenvalue weighted by molar-refractivity contribution is 0.613. The van der Waals surface area contributed by atoms with Crippen LogP contribution in [0.3, 0.4) is 0 Å². The molecule has 0 radical (unpaired) electrons. The van der Waals surface area contributed by atoms with Gasteiger partial charge in [-0.25, -0.2) is 9.07 Å². The third-order valence-electron chi connectivity index (χ3n) is 2.58. The quantitative estimate of drug-likeness (QED) is 0.649. The van der Waals surface area contributed by atoms with Crippen LogP contribution in [0.5, 0.6) is 0 Å². The molecule has 2 N–H and O–H groups in total. The average molecular weight is 228 g/mol. The van der Waals surface area contributed by atoms with Gasteiger partial charge in [0.15, 0.2) is 5.82 Å². The van der Waals surface area contributed by atoms with E-state index in [9.17, 15) is 4.39 Å². The minimum Gasteiger partial charge on any atom is -0.398 e. The van der Waals surface area contributed by atoms with E-state index in [1.165, 1.54) is 10.7 Å². The average Bonchev–Trinajstić information content (AvgIpc) is 2.83. The summed E-state index contributed by atoms with van der Waals surface area (Å²) in [6.45, 7) is 0. The molecule has 4 nitrogen and oxygen atoms in total. The van der Waals surface area contributed by atoms with E-state index in [4.69, 9.17) is 5.73 Å². The van der Waals surface area contributed by atoms with Crippen LogP contribution in [0.1, 0.15) is 0 Å². The Bertz CT molecular complexity index is 676. The Labute approximate surface area is 96.5 Å². The molecule has 0 saturated carbocycles.